The number of nitrogens with one attached hydrogen (secondary N) is 1. The molecule has 1 saturated heterocycles. The van der Waals surface area contributed by atoms with Crippen molar-refractivity contribution in [2.75, 3.05) is 18.9 Å². The second kappa shape index (κ2) is 5.88. The van der Waals surface area contributed by atoms with E-state index >= 15 is 0 Å². The highest BCUT2D eigenvalue weighted by Crippen LogP contribution is 2.26. The minimum atomic E-state index is -0.586. The SMILES string of the molecule is Cc1ccc(-c2csc(NC(=O)C3CCN(C)C3=O)n2)cc1. The molecule has 2 amide bonds. The molecule has 0 spiro atoms. The van der Waals surface area contributed by atoms with Crippen LogP contribution in [0.1, 0.15) is 12.0 Å². The van der Waals surface area contributed by atoms with E-state index < -0.39 is 5.92 Å². The van der Waals surface area contributed by atoms with Crippen molar-refractivity contribution in [2.24, 2.45) is 5.92 Å². The summed E-state index contributed by atoms with van der Waals surface area (Å²) >= 11 is 1.37. The summed E-state index contributed by atoms with van der Waals surface area (Å²) in [5.41, 5.74) is 3.03. The first-order chi connectivity index (χ1) is 10.5. The average molecular weight is 315 g/mol. The minimum Gasteiger partial charge on any atom is -0.345 e. The van der Waals surface area contributed by atoms with Gasteiger partial charge in [-0.05, 0) is 13.3 Å². The molecule has 3 rings (SSSR count). The number of rotatable bonds is 3. The van der Waals surface area contributed by atoms with Crippen molar-refractivity contribution < 1.29 is 9.59 Å². The molecule has 0 bridgehead atoms. The minimum absolute atomic E-state index is 0.118. The highest BCUT2D eigenvalue weighted by Gasteiger charge is 2.35. The van der Waals surface area contributed by atoms with E-state index in [0.717, 1.165) is 11.3 Å². The van der Waals surface area contributed by atoms with Gasteiger partial charge in [-0.1, -0.05) is 29.8 Å². The second-order valence-electron chi connectivity index (χ2n) is 5.49. The van der Waals surface area contributed by atoms with E-state index in [1.54, 1.807) is 11.9 Å². The summed E-state index contributed by atoms with van der Waals surface area (Å²) in [6.45, 7) is 2.66. The number of aryl methyl sites for hydroxylation is 1. The Hall–Kier alpha value is -2.21. The molecule has 1 aliphatic heterocycles. The van der Waals surface area contributed by atoms with Crippen molar-refractivity contribution in [3.05, 3.63) is 35.2 Å². The Labute approximate surface area is 133 Å². The maximum Gasteiger partial charge on any atom is 0.238 e. The van der Waals surface area contributed by atoms with Gasteiger partial charge in [0.25, 0.3) is 0 Å². The van der Waals surface area contributed by atoms with Gasteiger partial charge in [0.1, 0.15) is 5.92 Å². The van der Waals surface area contributed by atoms with Gasteiger partial charge in [-0.15, -0.1) is 11.3 Å². The lowest BCUT2D eigenvalue weighted by atomic mass is 10.1. The second-order valence-corrected chi connectivity index (χ2v) is 6.35. The molecular weight excluding hydrogens is 298 g/mol. The molecule has 1 unspecified atom stereocenters. The molecule has 6 heteroatoms. The van der Waals surface area contributed by atoms with Crippen molar-refractivity contribution in [3.63, 3.8) is 0 Å². The smallest absolute Gasteiger partial charge is 0.238 e. The number of amides is 2. The van der Waals surface area contributed by atoms with Gasteiger partial charge < -0.3 is 10.2 Å². The molecule has 114 valence electrons. The van der Waals surface area contributed by atoms with E-state index in [4.69, 9.17) is 0 Å². The molecule has 1 fully saturated rings. The fourth-order valence-electron chi connectivity index (χ4n) is 2.45. The Morgan fingerprint density at radius 3 is 2.73 bits per heavy atom. The molecule has 0 radical (unpaired) electrons. The Morgan fingerprint density at radius 2 is 2.09 bits per heavy atom. The Kier molecular flexibility index (Phi) is 3.94. The lowest BCUT2D eigenvalue weighted by molar-refractivity contribution is -0.134. The molecule has 1 N–H and O–H groups in total. The predicted molar refractivity (Wildman–Crippen MR) is 86.7 cm³/mol. The van der Waals surface area contributed by atoms with Crippen LogP contribution in [0.5, 0.6) is 0 Å². The van der Waals surface area contributed by atoms with E-state index in [9.17, 15) is 9.59 Å². The fourth-order valence-corrected chi connectivity index (χ4v) is 3.17. The summed E-state index contributed by atoms with van der Waals surface area (Å²) in [6.07, 6.45) is 0.567. The third-order valence-electron chi connectivity index (χ3n) is 3.83. The standard InChI is InChI=1S/C16H17N3O2S/c1-10-3-5-11(6-4-10)13-9-22-16(17-13)18-14(20)12-7-8-19(2)15(12)21/h3-6,9,12H,7-8H2,1-2H3,(H,17,18,20). The van der Waals surface area contributed by atoms with Gasteiger partial charge in [0, 0.05) is 24.5 Å². The van der Waals surface area contributed by atoms with Crippen LogP contribution in [-0.2, 0) is 9.59 Å². The topological polar surface area (TPSA) is 62.3 Å². The van der Waals surface area contributed by atoms with E-state index in [1.165, 1.54) is 16.9 Å². The molecule has 2 heterocycles. The van der Waals surface area contributed by atoms with Crippen molar-refractivity contribution in [1.29, 1.82) is 0 Å². The van der Waals surface area contributed by atoms with Crippen molar-refractivity contribution in [1.82, 2.24) is 9.88 Å². The largest absolute Gasteiger partial charge is 0.345 e. The summed E-state index contributed by atoms with van der Waals surface area (Å²) < 4.78 is 0. The molecule has 1 aliphatic rings. The van der Waals surface area contributed by atoms with Gasteiger partial charge in [-0.2, -0.15) is 0 Å². The van der Waals surface area contributed by atoms with E-state index in [2.05, 4.69) is 10.3 Å². The summed E-state index contributed by atoms with van der Waals surface area (Å²) in [5, 5.41) is 5.19. The number of carbonyl (C=O) groups excluding carboxylic acids is 2. The molecule has 5 nitrogen and oxygen atoms in total. The van der Waals surface area contributed by atoms with Crippen LogP contribution < -0.4 is 5.32 Å². The van der Waals surface area contributed by atoms with Crippen LogP contribution in [0.3, 0.4) is 0 Å². The maximum atomic E-state index is 12.2. The molecular formula is C16H17N3O2S. The Bertz CT molecular complexity index is 708. The Morgan fingerprint density at radius 1 is 1.36 bits per heavy atom. The normalized spacial score (nSPS) is 17.8. The monoisotopic (exact) mass is 315 g/mol. The predicted octanol–water partition coefficient (Wildman–Crippen LogP) is 2.54. The Balaban J connectivity index is 1.70. The molecule has 1 aromatic carbocycles. The quantitative estimate of drug-likeness (QED) is 0.885. The average Bonchev–Trinajstić information content (AvgIpc) is 3.08. The number of anilines is 1. The number of hydrogen-bond acceptors (Lipinski definition) is 4. The molecule has 2 aromatic rings. The van der Waals surface area contributed by atoms with E-state index in [1.807, 2.05) is 36.6 Å². The number of hydrogen-bond donors (Lipinski definition) is 1. The van der Waals surface area contributed by atoms with E-state index in [-0.39, 0.29) is 11.8 Å². The number of carbonyl (C=O) groups is 2. The van der Waals surface area contributed by atoms with Crippen LogP contribution in [0.2, 0.25) is 0 Å². The highest BCUT2D eigenvalue weighted by molar-refractivity contribution is 7.14. The first-order valence-corrected chi connectivity index (χ1v) is 8.01. The maximum absolute atomic E-state index is 12.2. The zero-order valence-corrected chi connectivity index (χ0v) is 13.3. The van der Waals surface area contributed by atoms with Gasteiger partial charge in [-0.3, -0.25) is 9.59 Å². The first kappa shape index (κ1) is 14.7. The van der Waals surface area contributed by atoms with E-state index in [0.29, 0.717) is 18.1 Å². The van der Waals surface area contributed by atoms with Crippen LogP contribution in [0.25, 0.3) is 11.3 Å². The van der Waals surface area contributed by atoms with Crippen molar-refractivity contribution in [3.8, 4) is 11.3 Å². The third-order valence-corrected chi connectivity index (χ3v) is 4.58. The molecule has 0 aliphatic carbocycles. The van der Waals surface area contributed by atoms with Gasteiger partial charge >= 0.3 is 0 Å². The zero-order chi connectivity index (χ0) is 15.7. The molecule has 22 heavy (non-hydrogen) atoms. The molecule has 0 saturated carbocycles. The summed E-state index contributed by atoms with van der Waals surface area (Å²) in [6, 6.07) is 8.07. The van der Waals surface area contributed by atoms with Gasteiger partial charge in [0.2, 0.25) is 11.8 Å². The molecule has 1 aromatic heterocycles. The van der Waals surface area contributed by atoms with Crippen LogP contribution in [0.15, 0.2) is 29.6 Å². The van der Waals surface area contributed by atoms with Gasteiger partial charge in [0.15, 0.2) is 5.13 Å². The lowest BCUT2D eigenvalue weighted by Gasteiger charge is -2.09. The summed E-state index contributed by atoms with van der Waals surface area (Å²) in [5.74, 6) is -0.969. The van der Waals surface area contributed by atoms with Gasteiger partial charge in [-0.25, -0.2) is 4.98 Å². The summed E-state index contributed by atoms with van der Waals surface area (Å²) in [7, 11) is 1.72. The third kappa shape index (κ3) is 2.87. The fraction of sp³-hybridized carbons (Fsp3) is 0.312. The number of thiazole rings is 1. The number of likely N-dealkylation sites (tertiary alicyclic amines) is 1. The summed E-state index contributed by atoms with van der Waals surface area (Å²) in [4.78, 5) is 30.0. The number of benzene rings is 1. The van der Waals surface area contributed by atoms with Crippen LogP contribution in [0.4, 0.5) is 5.13 Å². The van der Waals surface area contributed by atoms with Crippen molar-refractivity contribution >= 4 is 28.3 Å². The van der Waals surface area contributed by atoms with Gasteiger partial charge in [0.05, 0.1) is 5.69 Å². The number of aromatic nitrogens is 1. The van der Waals surface area contributed by atoms with Crippen LogP contribution in [0, 0.1) is 12.8 Å². The number of nitrogens with zero attached hydrogens (tertiary/aromatic N) is 2. The molecule has 1 atom stereocenters. The first-order valence-electron chi connectivity index (χ1n) is 7.13. The lowest BCUT2D eigenvalue weighted by Crippen LogP contribution is -2.30. The van der Waals surface area contributed by atoms with Crippen LogP contribution >= 0.6 is 11.3 Å². The van der Waals surface area contributed by atoms with Crippen LogP contribution in [-0.4, -0.2) is 35.3 Å². The zero-order valence-electron chi connectivity index (χ0n) is 12.5. The highest BCUT2D eigenvalue weighted by atomic mass is 32.1. The van der Waals surface area contributed by atoms with Crippen molar-refractivity contribution in [2.45, 2.75) is 13.3 Å².